The molecule has 0 aliphatic heterocycles. The van der Waals surface area contributed by atoms with Crippen molar-refractivity contribution in [2.75, 3.05) is 0 Å². The van der Waals surface area contributed by atoms with Gasteiger partial charge in [0.2, 0.25) is 0 Å². The highest BCUT2D eigenvalue weighted by Gasteiger charge is 2.06. The molecule has 0 saturated carbocycles. The summed E-state index contributed by atoms with van der Waals surface area (Å²) in [6, 6.07) is 0. The van der Waals surface area contributed by atoms with E-state index in [0.29, 0.717) is 0 Å². The van der Waals surface area contributed by atoms with Crippen molar-refractivity contribution in [3.8, 4) is 0 Å². The molecule has 1 aliphatic rings. The molecule has 1 aliphatic carbocycles. The van der Waals surface area contributed by atoms with Gasteiger partial charge in [0.15, 0.2) is 5.78 Å². The third-order valence-corrected chi connectivity index (χ3v) is 1.74. The molecule has 0 spiro atoms. The Bertz CT molecular complexity index is 156. The van der Waals surface area contributed by atoms with Crippen molar-refractivity contribution in [3.05, 3.63) is 11.6 Å². The van der Waals surface area contributed by atoms with Crippen molar-refractivity contribution in [3.63, 3.8) is 0 Å². The van der Waals surface area contributed by atoms with E-state index in [-0.39, 0.29) is 5.78 Å². The summed E-state index contributed by atoms with van der Waals surface area (Å²) in [6.45, 7) is 5.90. The minimum atomic E-state index is 0.259. The number of allylic oxidation sites excluding steroid dienone is 2. The van der Waals surface area contributed by atoms with E-state index >= 15 is 0 Å². The fourth-order valence-corrected chi connectivity index (χ4v) is 1.16. The van der Waals surface area contributed by atoms with Crippen molar-refractivity contribution in [1.82, 2.24) is 0 Å². The maximum atomic E-state index is 10.7. The quantitative estimate of drug-likeness (QED) is 0.585. The number of carbonyl (C=O) groups is 1. The maximum absolute atomic E-state index is 10.7. The Labute approximate surface area is 75.9 Å². The summed E-state index contributed by atoms with van der Waals surface area (Å²) in [5.74, 6) is 0.259. The van der Waals surface area contributed by atoms with Gasteiger partial charge in [-0.1, -0.05) is 26.3 Å². The van der Waals surface area contributed by atoms with Crippen LogP contribution < -0.4 is 0 Å². The van der Waals surface area contributed by atoms with Crippen LogP contribution in [0.3, 0.4) is 0 Å². The first-order valence-corrected chi connectivity index (χ1v) is 4.92. The Morgan fingerprint density at radius 2 is 2.00 bits per heavy atom. The minimum absolute atomic E-state index is 0.259. The van der Waals surface area contributed by atoms with Crippen LogP contribution in [0.1, 0.15) is 52.9 Å². The standard InChI is InChI=1S/C8H12O.C3H8/c1-7(9)8-5-3-2-4-6-8;1-3-2/h5H,2-4,6H2,1H3;3H2,1-2H3. The number of carbonyl (C=O) groups excluding carboxylic acids is 1. The Morgan fingerprint density at radius 1 is 1.42 bits per heavy atom. The molecule has 0 aromatic heterocycles. The molecule has 0 N–H and O–H groups in total. The van der Waals surface area contributed by atoms with Crippen LogP contribution in [0.5, 0.6) is 0 Å². The molecule has 0 aromatic rings. The molecule has 0 saturated heterocycles. The molecule has 1 nitrogen and oxygen atoms in total. The zero-order valence-corrected chi connectivity index (χ0v) is 8.52. The molecule has 0 aromatic carbocycles. The predicted molar refractivity (Wildman–Crippen MR) is 53.2 cm³/mol. The molecule has 0 radical (unpaired) electrons. The van der Waals surface area contributed by atoms with E-state index in [1.807, 2.05) is 0 Å². The zero-order chi connectivity index (χ0) is 9.40. The first-order valence-electron chi connectivity index (χ1n) is 4.92. The van der Waals surface area contributed by atoms with E-state index in [1.54, 1.807) is 6.92 Å². The van der Waals surface area contributed by atoms with Crippen LogP contribution in [0, 0.1) is 0 Å². The van der Waals surface area contributed by atoms with E-state index in [2.05, 4.69) is 19.9 Å². The molecule has 0 atom stereocenters. The summed E-state index contributed by atoms with van der Waals surface area (Å²) >= 11 is 0. The van der Waals surface area contributed by atoms with Crippen LogP contribution in [-0.4, -0.2) is 5.78 Å². The van der Waals surface area contributed by atoms with Crippen molar-refractivity contribution in [2.45, 2.75) is 52.9 Å². The van der Waals surface area contributed by atoms with Gasteiger partial charge in [0.25, 0.3) is 0 Å². The van der Waals surface area contributed by atoms with Gasteiger partial charge in [-0.05, 0) is 38.2 Å². The van der Waals surface area contributed by atoms with E-state index in [9.17, 15) is 4.79 Å². The molecule has 0 heterocycles. The normalized spacial score (nSPS) is 15.8. The number of rotatable bonds is 1. The van der Waals surface area contributed by atoms with Gasteiger partial charge in [-0.15, -0.1) is 0 Å². The summed E-state index contributed by atoms with van der Waals surface area (Å²) < 4.78 is 0. The summed E-state index contributed by atoms with van der Waals surface area (Å²) in [6.07, 6.45) is 7.90. The zero-order valence-electron chi connectivity index (χ0n) is 8.52. The second-order valence-corrected chi connectivity index (χ2v) is 3.24. The number of hydrogen-bond donors (Lipinski definition) is 0. The first-order chi connectivity index (χ1) is 5.72. The molecule has 12 heavy (non-hydrogen) atoms. The smallest absolute Gasteiger partial charge is 0.155 e. The van der Waals surface area contributed by atoms with E-state index in [1.165, 1.54) is 19.3 Å². The lowest BCUT2D eigenvalue weighted by Crippen LogP contribution is -2.00. The molecule has 0 bridgehead atoms. The highest BCUT2D eigenvalue weighted by atomic mass is 16.1. The molecule has 70 valence electrons. The highest BCUT2D eigenvalue weighted by Crippen LogP contribution is 2.17. The Hall–Kier alpha value is -0.590. The van der Waals surface area contributed by atoms with Gasteiger partial charge < -0.3 is 0 Å². The molecule has 0 fully saturated rings. The summed E-state index contributed by atoms with van der Waals surface area (Å²) in [5, 5.41) is 0. The largest absolute Gasteiger partial charge is 0.295 e. The SMILES string of the molecule is CC(=O)C1=CCCCC1.CCC. The van der Waals surface area contributed by atoms with Crippen molar-refractivity contribution in [1.29, 1.82) is 0 Å². The Kier molecular flexibility index (Phi) is 6.73. The second-order valence-electron chi connectivity index (χ2n) is 3.24. The first kappa shape index (κ1) is 11.4. The summed E-state index contributed by atoms with van der Waals surface area (Å²) in [7, 11) is 0. The van der Waals surface area contributed by atoms with Gasteiger partial charge in [0.1, 0.15) is 0 Å². The fraction of sp³-hybridized carbons (Fsp3) is 0.727. The summed E-state index contributed by atoms with van der Waals surface area (Å²) in [5.41, 5.74) is 1.04. The average Bonchev–Trinajstić information content (AvgIpc) is 2.07. The van der Waals surface area contributed by atoms with Gasteiger partial charge in [-0.2, -0.15) is 0 Å². The van der Waals surface area contributed by atoms with Gasteiger partial charge >= 0.3 is 0 Å². The van der Waals surface area contributed by atoms with Crippen LogP contribution in [-0.2, 0) is 4.79 Å². The molecule has 1 rings (SSSR count). The number of ketones is 1. The average molecular weight is 168 g/mol. The Balaban J connectivity index is 0.000000354. The lowest BCUT2D eigenvalue weighted by atomic mass is 9.97. The predicted octanol–water partition coefficient (Wildman–Crippen LogP) is 3.49. The molecule has 0 amide bonds. The molecule has 0 unspecified atom stereocenters. The third-order valence-electron chi connectivity index (χ3n) is 1.74. The lowest BCUT2D eigenvalue weighted by molar-refractivity contribution is -0.113. The number of hydrogen-bond acceptors (Lipinski definition) is 1. The third kappa shape index (κ3) is 5.11. The van der Waals surface area contributed by atoms with Crippen LogP contribution in [0.2, 0.25) is 0 Å². The van der Waals surface area contributed by atoms with Crippen molar-refractivity contribution < 1.29 is 4.79 Å². The van der Waals surface area contributed by atoms with Gasteiger partial charge in [0, 0.05) is 0 Å². The number of Topliss-reactive ketones (excluding diaryl/α,β-unsaturated/α-hetero) is 1. The van der Waals surface area contributed by atoms with Crippen molar-refractivity contribution in [2.24, 2.45) is 0 Å². The molecular weight excluding hydrogens is 148 g/mol. The molecule has 1 heteroatoms. The topological polar surface area (TPSA) is 17.1 Å². The van der Waals surface area contributed by atoms with Crippen LogP contribution in [0.15, 0.2) is 11.6 Å². The minimum Gasteiger partial charge on any atom is -0.295 e. The molecular formula is C11H20O. The van der Waals surface area contributed by atoms with E-state index in [0.717, 1.165) is 18.4 Å². The van der Waals surface area contributed by atoms with E-state index < -0.39 is 0 Å². The highest BCUT2D eigenvalue weighted by molar-refractivity contribution is 5.93. The van der Waals surface area contributed by atoms with E-state index in [4.69, 9.17) is 0 Å². The second kappa shape index (κ2) is 7.08. The van der Waals surface area contributed by atoms with Crippen LogP contribution in [0.4, 0.5) is 0 Å². The monoisotopic (exact) mass is 168 g/mol. The Morgan fingerprint density at radius 3 is 2.25 bits per heavy atom. The fourth-order valence-electron chi connectivity index (χ4n) is 1.16. The van der Waals surface area contributed by atoms with Crippen LogP contribution >= 0.6 is 0 Å². The summed E-state index contributed by atoms with van der Waals surface area (Å²) in [4.78, 5) is 10.7. The maximum Gasteiger partial charge on any atom is 0.155 e. The van der Waals surface area contributed by atoms with Crippen LogP contribution in [0.25, 0.3) is 0 Å². The lowest BCUT2D eigenvalue weighted by Gasteiger charge is -2.07. The van der Waals surface area contributed by atoms with Gasteiger partial charge in [-0.25, -0.2) is 0 Å². The van der Waals surface area contributed by atoms with Crippen molar-refractivity contribution >= 4 is 5.78 Å². The van der Waals surface area contributed by atoms with Gasteiger partial charge in [0.05, 0.1) is 0 Å². The van der Waals surface area contributed by atoms with Gasteiger partial charge in [-0.3, -0.25) is 4.79 Å².